The second kappa shape index (κ2) is 4.10. The minimum absolute atomic E-state index is 0.506. The Kier molecular flexibility index (Phi) is 2.83. The first-order valence-electron chi connectivity index (χ1n) is 3.73. The molecular weight excluding hydrogens is 312 g/mol. The second-order valence-electron chi connectivity index (χ2n) is 2.43. The summed E-state index contributed by atoms with van der Waals surface area (Å²) < 4.78 is 1.01. The Labute approximate surface area is 97.1 Å². The van der Waals surface area contributed by atoms with Gasteiger partial charge in [-0.05, 0) is 44.0 Å². The van der Waals surface area contributed by atoms with Gasteiger partial charge in [0.1, 0.15) is 0 Å². The molecule has 0 N–H and O–H groups in total. The van der Waals surface area contributed by atoms with Crippen LogP contribution in [0, 0.1) is 0 Å². The molecule has 14 heavy (non-hydrogen) atoms. The summed E-state index contributed by atoms with van der Waals surface area (Å²) in [7, 11) is 0. The molecule has 2 heterocycles. The lowest BCUT2D eigenvalue weighted by Gasteiger charge is -1.99. The average Bonchev–Trinajstić information content (AvgIpc) is 2.18. The van der Waals surface area contributed by atoms with Gasteiger partial charge in [0.15, 0.2) is 5.82 Å². The molecule has 0 spiro atoms. The number of halogens is 2. The maximum absolute atomic E-state index is 4.14. The number of hydrogen-bond donors (Lipinski definition) is 0. The van der Waals surface area contributed by atoms with E-state index in [1.165, 1.54) is 0 Å². The quantitative estimate of drug-likeness (QED) is 0.811. The van der Waals surface area contributed by atoms with Crippen molar-refractivity contribution >= 4 is 31.9 Å². The van der Waals surface area contributed by atoms with Crippen LogP contribution in [0.15, 0.2) is 34.0 Å². The SMILES string of the molecule is Brc1nc(Br)nc(-c2ccncc2)n1. The summed E-state index contributed by atoms with van der Waals surface area (Å²) in [6, 6.07) is 3.68. The van der Waals surface area contributed by atoms with Crippen LogP contribution >= 0.6 is 31.9 Å². The maximum Gasteiger partial charge on any atom is 0.201 e. The van der Waals surface area contributed by atoms with Crippen molar-refractivity contribution in [1.82, 2.24) is 19.9 Å². The van der Waals surface area contributed by atoms with Crippen molar-refractivity contribution < 1.29 is 0 Å². The first-order chi connectivity index (χ1) is 6.75. The summed E-state index contributed by atoms with van der Waals surface area (Å²) in [6.45, 7) is 0. The molecule has 0 amide bonds. The molecule has 0 atom stereocenters. The lowest BCUT2D eigenvalue weighted by Crippen LogP contribution is -1.93. The van der Waals surface area contributed by atoms with E-state index in [4.69, 9.17) is 0 Å². The normalized spacial score (nSPS) is 10.1. The van der Waals surface area contributed by atoms with Gasteiger partial charge in [0.2, 0.25) is 9.47 Å². The van der Waals surface area contributed by atoms with Crippen LogP contribution in [0.4, 0.5) is 0 Å². The van der Waals surface area contributed by atoms with Crippen molar-refractivity contribution in [2.75, 3.05) is 0 Å². The molecule has 0 unspecified atom stereocenters. The Morgan fingerprint density at radius 3 is 2.00 bits per heavy atom. The third kappa shape index (κ3) is 2.13. The van der Waals surface area contributed by atoms with E-state index < -0.39 is 0 Å². The van der Waals surface area contributed by atoms with Crippen LogP contribution in [0.5, 0.6) is 0 Å². The Morgan fingerprint density at radius 1 is 0.857 bits per heavy atom. The lowest BCUT2D eigenvalue weighted by atomic mass is 10.2. The van der Waals surface area contributed by atoms with Gasteiger partial charge in [-0.3, -0.25) is 4.98 Å². The smallest absolute Gasteiger partial charge is 0.201 e. The van der Waals surface area contributed by atoms with E-state index in [-0.39, 0.29) is 0 Å². The molecule has 0 radical (unpaired) electrons. The average molecular weight is 316 g/mol. The van der Waals surface area contributed by atoms with Gasteiger partial charge in [0.05, 0.1) is 0 Å². The summed E-state index contributed by atoms with van der Waals surface area (Å²) in [4.78, 5) is 16.2. The molecule has 0 saturated carbocycles. The molecule has 0 bridgehead atoms. The third-order valence-corrected chi connectivity index (χ3v) is 2.23. The van der Waals surface area contributed by atoms with Gasteiger partial charge in [0, 0.05) is 18.0 Å². The fraction of sp³-hybridized carbons (Fsp3) is 0. The number of pyridine rings is 1. The fourth-order valence-corrected chi connectivity index (χ4v) is 1.87. The van der Waals surface area contributed by atoms with E-state index >= 15 is 0 Å². The van der Waals surface area contributed by atoms with Gasteiger partial charge in [0.25, 0.3) is 0 Å². The maximum atomic E-state index is 4.14. The van der Waals surface area contributed by atoms with Crippen LogP contribution in [0.1, 0.15) is 0 Å². The molecule has 2 rings (SSSR count). The second-order valence-corrected chi connectivity index (χ2v) is 3.85. The van der Waals surface area contributed by atoms with E-state index in [0.29, 0.717) is 15.3 Å². The van der Waals surface area contributed by atoms with Crippen LogP contribution in [-0.2, 0) is 0 Å². The Bertz CT molecular complexity index is 426. The molecule has 0 aliphatic heterocycles. The zero-order valence-corrected chi connectivity index (χ0v) is 10.0. The monoisotopic (exact) mass is 314 g/mol. The number of hydrogen-bond acceptors (Lipinski definition) is 4. The van der Waals surface area contributed by atoms with Crippen LogP contribution in [0.2, 0.25) is 0 Å². The first kappa shape index (κ1) is 9.67. The zero-order valence-electron chi connectivity index (χ0n) is 6.85. The van der Waals surface area contributed by atoms with Crippen molar-refractivity contribution in [1.29, 1.82) is 0 Å². The van der Waals surface area contributed by atoms with Gasteiger partial charge >= 0.3 is 0 Å². The van der Waals surface area contributed by atoms with Gasteiger partial charge in [-0.1, -0.05) is 0 Å². The highest BCUT2D eigenvalue weighted by Crippen LogP contribution is 2.17. The predicted molar refractivity (Wildman–Crippen MR) is 58.5 cm³/mol. The number of rotatable bonds is 1. The van der Waals surface area contributed by atoms with Crippen LogP contribution in [-0.4, -0.2) is 19.9 Å². The predicted octanol–water partition coefficient (Wildman–Crippen LogP) is 2.46. The highest BCUT2D eigenvalue weighted by atomic mass is 79.9. The van der Waals surface area contributed by atoms with Crippen molar-refractivity contribution in [3.63, 3.8) is 0 Å². The van der Waals surface area contributed by atoms with Crippen molar-refractivity contribution in [3.05, 3.63) is 34.0 Å². The van der Waals surface area contributed by atoms with Crippen LogP contribution in [0.3, 0.4) is 0 Å². The highest BCUT2D eigenvalue weighted by molar-refractivity contribution is 9.11. The molecule has 0 aliphatic rings. The lowest BCUT2D eigenvalue weighted by molar-refractivity contribution is 0.983. The molecule has 4 nitrogen and oxygen atoms in total. The van der Waals surface area contributed by atoms with E-state index in [1.807, 2.05) is 12.1 Å². The van der Waals surface area contributed by atoms with E-state index in [1.54, 1.807) is 12.4 Å². The van der Waals surface area contributed by atoms with Crippen molar-refractivity contribution in [3.8, 4) is 11.4 Å². The highest BCUT2D eigenvalue weighted by Gasteiger charge is 2.04. The Balaban J connectivity index is 2.52. The Hall–Kier alpha value is -0.880. The van der Waals surface area contributed by atoms with Gasteiger partial charge in [-0.2, -0.15) is 4.98 Å². The van der Waals surface area contributed by atoms with Crippen LogP contribution in [0.25, 0.3) is 11.4 Å². The zero-order chi connectivity index (χ0) is 9.97. The van der Waals surface area contributed by atoms with Crippen molar-refractivity contribution in [2.24, 2.45) is 0 Å². The summed E-state index contributed by atoms with van der Waals surface area (Å²) in [5, 5.41) is 0. The first-order valence-corrected chi connectivity index (χ1v) is 5.32. The van der Waals surface area contributed by atoms with Gasteiger partial charge in [-0.15, -0.1) is 0 Å². The fourth-order valence-electron chi connectivity index (χ4n) is 0.956. The minimum atomic E-state index is 0.506. The summed E-state index contributed by atoms with van der Waals surface area (Å²) >= 11 is 6.40. The summed E-state index contributed by atoms with van der Waals surface area (Å²) in [5.41, 5.74) is 0.906. The molecule has 6 heteroatoms. The topological polar surface area (TPSA) is 51.6 Å². The molecule has 0 aliphatic carbocycles. The number of aromatic nitrogens is 4. The molecular formula is C8H4Br2N4. The summed E-state index contributed by atoms with van der Waals surface area (Å²) in [6.07, 6.45) is 3.39. The van der Waals surface area contributed by atoms with E-state index in [0.717, 1.165) is 5.56 Å². The van der Waals surface area contributed by atoms with Gasteiger partial charge in [-0.25, -0.2) is 9.97 Å². The Morgan fingerprint density at radius 2 is 1.43 bits per heavy atom. The van der Waals surface area contributed by atoms with Crippen molar-refractivity contribution in [2.45, 2.75) is 0 Å². The molecule has 2 aromatic rings. The van der Waals surface area contributed by atoms with E-state index in [2.05, 4.69) is 51.8 Å². The largest absolute Gasteiger partial charge is 0.265 e. The molecule has 2 aromatic heterocycles. The third-order valence-electron chi connectivity index (χ3n) is 1.52. The minimum Gasteiger partial charge on any atom is -0.265 e. The molecule has 0 fully saturated rings. The van der Waals surface area contributed by atoms with E-state index in [9.17, 15) is 0 Å². The van der Waals surface area contributed by atoms with Crippen LogP contribution < -0.4 is 0 Å². The molecule has 0 aromatic carbocycles. The van der Waals surface area contributed by atoms with Gasteiger partial charge < -0.3 is 0 Å². The number of nitrogens with zero attached hydrogens (tertiary/aromatic N) is 4. The molecule has 70 valence electrons. The molecule has 0 saturated heterocycles. The standard InChI is InChI=1S/C8H4Br2N4/c9-7-12-6(13-8(10)14-7)5-1-3-11-4-2-5/h1-4H. The summed E-state index contributed by atoms with van der Waals surface area (Å²) in [5.74, 6) is 0.612.